The van der Waals surface area contributed by atoms with Crippen LogP contribution in [-0.2, 0) is 11.8 Å². The van der Waals surface area contributed by atoms with E-state index in [-0.39, 0.29) is 12.5 Å². The summed E-state index contributed by atoms with van der Waals surface area (Å²) in [6.07, 6.45) is 1.64. The summed E-state index contributed by atoms with van der Waals surface area (Å²) in [6, 6.07) is 11.3. The third-order valence-corrected chi connectivity index (χ3v) is 2.32. The number of para-hydroxylation sites is 1. The van der Waals surface area contributed by atoms with Crippen molar-refractivity contribution in [1.29, 1.82) is 0 Å². The van der Waals surface area contributed by atoms with E-state index in [1.54, 1.807) is 24.0 Å². The van der Waals surface area contributed by atoms with Gasteiger partial charge in [0.25, 0.3) is 0 Å². The molecule has 1 amide bonds. The summed E-state index contributed by atoms with van der Waals surface area (Å²) in [5, 5.41) is 9.76. The number of amides is 1. The van der Waals surface area contributed by atoms with Crippen molar-refractivity contribution < 1.29 is 4.79 Å². The molecule has 2 rings (SSSR count). The van der Waals surface area contributed by atoms with Gasteiger partial charge in [0, 0.05) is 18.8 Å². The van der Waals surface area contributed by atoms with E-state index in [4.69, 9.17) is 0 Å². The van der Waals surface area contributed by atoms with Crippen LogP contribution in [0.5, 0.6) is 0 Å². The number of rotatable bonds is 4. The van der Waals surface area contributed by atoms with Crippen LogP contribution < -0.4 is 10.6 Å². The highest BCUT2D eigenvalue weighted by Gasteiger charge is 2.04. The van der Waals surface area contributed by atoms with Gasteiger partial charge in [0.05, 0.1) is 12.7 Å². The number of aryl methyl sites for hydroxylation is 1. The molecule has 0 aliphatic heterocycles. The van der Waals surface area contributed by atoms with Crippen molar-refractivity contribution in [2.45, 2.75) is 0 Å². The third kappa shape index (κ3) is 3.07. The molecule has 0 unspecified atom stereocenters. The van der Waals surface area contributed by atoms with Gasteiger partial charge in [0.1, 0.15) is 5.82 Å². The molecular weight excluding hydrogens is 216 g/mol. The summed E-state index contributed by atoms with van der Waals surface area (Å²) in [6.45, 7) is 0.231. The van der Waals surface area contributed by atoms with E-state index in [9.17, 15) is 4.79 Å². The molecule has 17 heavy (non-hydrogen) atoms. The lowest BCUT2D eigenvalue weighted by atomic mass is 10.3. The summed E-state index contributed by atoms with van der Waals surface area (Å²) in [5.41, 5.74) is 0.924. The Kier molecular flexibility index (Phi) is 3.40. The Morgan fingerprint density at radius 3 is 2.71 bits per heavy atom. The van der Waals surface area contributed by atoms with Crippen molar-refractivity contribution in [1.82, 2.24) is 9.78 Å². The van der Waals surface area contributed by atoms with E-state index in [1.165, 1.54) is 0 Å². The number of hydrogen-bond acceptors (Lipinski definition) is 3. The number of hydrogen-bond donors (Lipinski definition) is 2. The normalized spacial score (nSPS) is 9.94. The van der Waals surface area contributed by atoms with Crippen molar-refractivity contribution in [3.05, 3.63) is 42.6 Å². The second-order valence-corrected chi connectivity index (χ2v) is 3.61. The minimum absolute atomic E-state index is 0.0996. The van der Waals surface area contributed by atoms with Crippen molar-refractivity contribution in [2.75, 3.05) is 17.2 Å². The van der Waals surface area contributed by atoms with E-state index >= 15 is 0 Å². The number of benzene rings is 1. The third-order valence-electron chi connectivity index (χ3n) is 2.32. The molecule has 2 N–H and O–H groups in total. The summed E-state index contributed by atoms with van der Waals surface area (Å²) >= 11 is 0. The molecule has 0 saturated heterocycles. The summed E-state index contributed by atoms with van der Waals surface area (Å²) in [4.78, 5) is 11.6. The van der Waals surface area contributed by atoms with Crippen molar-refractivity contribution in [3.8, 4) is 0 Å². The van der Waals surface area contributed by atoms with E-state index < -0.39 is 0 Å². The minimum atomic E-state index is -0.0996. The quantitative estimate of drug-likeness (QED) is 0.836. The van der Waals surface area contributed by atoms with Crippen LogP contribution in [0.3, 0.4) is 0 Å². The van der Waals surface area contributed by atoms with Crippen LogP contribution in [0.4, 0.5) is 11.5 Å². The molecule has 0 bridgehead atoms. The van der Waals surface area contributed by atoms with E-state index in [0.717, 1.165) is 5.69 Å². The van der Waals surface area contributed by atoms with Crippen LogP contribution in [0, 0.1) is 0 Å². The zero-order chi connectivity index (χ0) is 12.1. The first-order valence-corrected chi connectivity index (χ1v) is 5.32. The molecule has 0 atom stereocenters. The Bertz CT molecular complexity index is 492. The molecule has 2 aromatic rings. The molecular formula is C12H14N4O. The molecule has 0 spiro atoms. The predicted octanol–water partition coefficient (Wildman–Crippen LogP) is 1.47. The zero-order valence-corrected chi connectivity index (χ0v) is 9.55. The van der Waals surface area contributed by atoms with Gasteiger partial charge in [-0.15, -0.1) is 0 Å². The molecule has 0 fully saturated rings. The van der Waals surface area contributed by atoms with Crippen LogP contribution in [-0.4, -0.2) is 22.2 Å². The maximum atomic E-state index is 11.6. The molecule has 0 aliphatic carbocycles. The van der Waals surface area contributed by atoms with Crippen LogP contribution in [0.15, 0.2) is 42.6 Å². The lowest BCUT2D eigenvalue weighted by molar-refractivity contribution is -0.114. The van der Waals surface area contributed by atoms with Gasteiger partial charge in [-0.25, -0.2) is 0 Å². The molecule has 0 aliphatic rings. The SMILES string of the molecule is Cn1nccc1NC(=O)CNc1ccccc1. The summed E-state index contributed by atoms with van der Waals surface area (Å²) in [7, 11) is 1.78. The van der Waals surface area contributed by atoms with Gasteiger partial charge in [-0.3, -0.25) is 9.48 Å². The molecule has 1 aromatic heterocycles. The van der Waals surface area contributed by atoms with Gasteiger partial charge in [0.15, 0.2) is 0 Å². The molecule has 5 heteroatoms. The Hall–Kier alpha value is -2.30. The summed E-state index contributed by atoms with van der Waals surface area (Å²) in [5.74, 6) is 0.585. The van der Waals surface area contributed by atoms with Gasteiger partial charge >= 0.3 is 0 Å². The number of carbonyl (C=O) groups is 1. The zero-order valence-electron chi connectivity index (χ0n) is 9.55. The first-order valence-electron chi connectivity index (χ1n) is 5.32. The molecule has 1 heterocycles. The fourth-order valence-electron chi connectivity index (χ4n) is 1.42. The lowest BCUT2D eigenvalue weighted by Crippen LogP contribution is -2.22. The van der Waals surface area contributed by atoms with Crippen LogP contribution in [0.2, 0.25) is 0 Å². The molecule has 0 saturated carbocycles. The number of nitrogens with zero attached hydrogens (tertiary/aromatic N) is 2. The monoisotopic (exact) mass is 230 g/mol. The predicted molar refractivity (Wildman–Crippen MR) is 66.8 cm³/mol. The maximum absolute atomic E-state index is 11.6. The Labute approximate surface area is 99.5 Å². The first kappa shape index (κ1) is 11.2. The van der Waals surface area contributed by atoms with Crippen molar-refractivity contribution in [3.63, 3.8) is 0 Å². The topological polar surface area (TPSA) is 59.0 Å². The highest BCUT2D eigenvalue weighted by molar-refractivity contribution is 5.92. The number of aromatic nitrogens is 2. The molecule has 1 aromatic carbocycles. The largest absolute Gasteiger partial charge is 0.376 e. The number of carbonyl (C=O) groups excluding carboxylic acids is 1. The van der Waals surface area contributed by atoms with Gasteiger partial charge in [-0.05, 0) is 12.1 Å². The average Bonchev–Trinajstić information content (AvgIpc) is 2.74. The van der Waals surface area contributed by atoms with Crippen LogP contribution >= 0.6 is 0 Å². The second kappa shape index (κ2) is 5.16. The van der Waals surface area contributed by atoms with E-state index in [1.807, 2.05) is 30.3 Å². The molecule has 5 nitrogen and oxygen atoms in total. The van der Waals surface area contributed by atoms with Gasteiger partial charge < -0.3 is 10.6 Å². The standard InChI is InChI=1S/C12H14N4O/c1-16-11(7-8-14-16)15-12(17)9-13-10-5-3-2-4-6-10/h2-8,13H,9H2,1H3,(H,15,17). The molecule has 0 radical (unpaired) electrons. The van der Waals surface area contributed by atoms with Gasteiger partial charge in [0.2, 0.25) is 5.91 Å². The maximum Gasteiger partial charge on any atom is 0.244 e. The average molecular weight is 230 g/mol. The minimum Gasteiger partial charge on any atom is -0.376 e. The van der Waals surface area contributed by atoms with Crippen LogP contribution in [0.25, 0.3) is 0 Å². The van der Waals surface area contributed by atoms with Gasteiger partial charge in [-0.2, -0.15) is 5.10 Å². The van der Waals surface area contributed by atoms with Crippen molar-refractivity contribution >= 4 is 17.4 Å². The highest BCUT2D eigenvalue weighted by atomic mass is 16.2. The van der Waals surface area contributed by atoms with E-state index in [0.29, 0.717) is 5.82 Å². The Balaban J connectivity index is 1.85. The number of anilines is 2. The van der Waals surface area contributed by atoms with E-state index in [2.05, 4.69) is 15.7 Å². The highest BCUT2D eigenvalue weighted by Crippen LogP contribution is 2.05. The Morgan fingerprint density at radius 1 is 1.29 bits per heavy atom. The second-order valence-electron chi connectivity index (χ2n) is 3.61. The summed E-state index contributed by atoms with van der Waals surface area (Å²) < 4.78 is 1.61. The lowest BCUT2D eigenvalue weighted by Gasteiger charge is -2.07. The fourth-order valence-corrected chi connectivity index (χ4v) is 1.42. The smallest absolute Gasteiger partial charge is 0.244 e. The molecule has 88 valence electrons. The Morgan fingerprint density at radius 2 is 2.06 bits per heavy atom. The number of nitrogens with one attached hydrogen (secondary N) is 2. The van der Waals surface area contributed by atoms with Gasteiger partial charge in [-0.1, -0.05) is 18.2 Å². The fraction of sp³-hybridized carbons (Fsp3) is 0.167. The van der Waals surface area contributed by atoms with Crippen LogP contribution in [0.1, 0.15) is 0 Å². The van der Waals surface area contributed by atoms with Crippen molar-refractivity contribution in [2.24, 2.45) is 7.05 Å². The first-order chi connectivity index (χ1) is 8.25.